The lowest BCUT2D eigenvalue weighted by Crippen LogP contribution is -2.50. The molecule has 1 rings (SSSR count). The van der Waals surface area contributed by atoms with Gasteiger partial charge in [-0.3, -0.25) is 4.79 Å². The Hall–Kier alpha value is -0.650. The van der Waals surface area contributed by atoms with Gasteiger partial charge in [-0.15, -0.1) is 0 Å². The highest BCUT2D eigenvalue weighted by Gasteiger charge is 2.29. The average molecular weight is 258 g/mol. The Balaban J connectivity index is 2.31. The molecular weight excluding hydrogens is 232 g/mol. The van der Waals surface area contributed by atoms with Gasteiger partial charge in [0.15, 0.2) is 0 Å². The molecule has 0 aliphatic carbocycles. The molecule has 1 amide bonds. The summed E-state index contributed by atoms with van der Waals surface area (Å²) in [4.78, 5) is 13.9. The number of hydrogen-bond acceptors (Lipinski definition) is 4. The highest BCUT2D eigenvalue weighted by molar-refractivity contribution is 5.77. The Morgan fingerprint density at radius 1 is 1.44 bits per heavy atom. The molecule has 5 nitrogen and oxygen atoms in total. The van der Waals surface area contributed by atoms with Crippen molar-refractivity contribution in [3.05, 3.63) is 0 Å². The van der Waals surface area contributed by atoms with Crippen LogP contribution in [0, 0.1) is 5.92 Å². The van der Waals surface area contributed by atoms with Gasteiger partial charge in [0.25, 0.3) is 0 Å². The quantitative estimate of drug-likeness (QED) is 0.676. The van der Waals surface area contributed by atoms with Crippen molar-refractivity contribution in [2.45, 2.75) is 25.8 Å². The summed E-state index contributed by atoms with van der Waals surface area (Å²) in [6.45, 7) is 5.03. The summed E-state index contributed by atoms with van der Waals surface area (Å²) >= 11 is 0. The fourth-order valence-corrected chi connectivity index (χ4v) is 2.45. The van der Waals surface area contributed by atoms with E-state index in [0.717, 1.165) is 25.9 Å². The molecule has 1 aliphatic heterocycles. The Morgan fingerprint density at radius 3 is 2.83 bits per heavy atom. The van der Waals surface area contributed by atoms with Crippen LogP contribution in [0.25, 0.3) is 0 Å². The molecule has 1 fully saturated rings. The third-order valence-corrected chi connectivity index (χ3v) is 3.64. The summed E-state index contributed by atoms with van der Waals surface area (Å²) < 4.78 is 10.2. The van der Waals surface area contributed by atoms with Gasteiger partial charge in [0, 0.05) is 26.2 Å². The van der Waals surface area contributed by atoms with Gasteiger partial charge < -0.3 is 19.7 Å². The van der Waals surface area contributed by atoms with Gasteiger partial charge in [0.2, 0.25) is 5.91 Å². The minimum absolute atomic E-state index is 0.0964. The van der Waals surface area contributed by atoms with Gasteiger partial charge in [-0.05, 0) is 19.4 Å². The first-order chi connectivity index (χ1) is 8.72. The number of carbonyl (C=O) groups excluding carboxylic acids is 1. The molecule has 0 aromatic carbocycles. The van der Waals surface area contributed by atoms with Crippen LogP contribution in [0.15, 0.2) is 0 Å². The van der Waals surface area contributed by atoms with Crippen LogP contribution in [0.1, 0.15) is 19.8 Å². The first kappa shape index (κ1) is 15.4. The van der Waals surface area contributed by atoms with Gasteiger partial charge in [0.1, 0.15) is 6.61 Å². The maximum atomic E-state index is 12.0. The van der Waals surface area contributed by atoms with Crippen molar-refractivity contribution >= 4 is 5.91 Å². The van der Waals surface area contributed by atoms with Crippen LogP contribution >= 0.6 is 0 Å². The van der Waals surface area contributed by atoms with E-state index in [1.807, 2.05) is 11.9 Å². The van der Waals surface area contributed by atoms with Crippen molar-refractivity contribution < 1.29 is 14.3 Å². The largest absolute Gasteiger partial charge is 0.382 e. The van der Waals surface area contributed by atoms with E-state index in [9.17, 15) is 4.79 Å². The normalized spacial score (nSPS) is 24.3. The van der Waals surface area contributed by atoms with Crippen molar-refractivity contribution in [3.8, 4) is 0 Å². The highest BCUT2D eigenvalue weighted by Crippen LogP contribution is 2.19. The molecule has 1 saturated heterocycles. The number of rotatable bonds is 7. The maximum absolute atomic E-state index is 12.0. The van der Waals surface area contributed by atoms with Crippen LogP contribution in [0.5, 0.6) is 0 Å². The zero-order chi connectivity index (χ0) is 13.4. The number of nitrogens with one attached hydrogen (secondary N) is 1. The van der Waals surface area contributed by atoms with Gasteiger partial charge in [-0.2, -0.15) is 0 Å². The summed E-state index contributed by atoms with van der Waals surface area (Å²) in [5, 5.41) is 3.34. The molecule has 2 atom stereocenters. The molecular formula is C13H26N2O3. The van der Waals surface area contributed by atoms with E-state index in [1.54, 1.807) is 7.11 Å². The Bertz CT molecular complexity index is 248. The SMILES string of the molecule is CCC1CN(C(=O)COCCOC)CCC1NC. The fraction of sp³-hybridized carbons (Fsp3) is 0.923. The van der Waals surface area contributed by atoms with E-state index in [4.69, 9.17) is 9.47 Å². The number of carbonyl (C=O) groups is 1. The molecule has 5 heteroatoms. The van der Waals surface area contributed by atoms with Gasteiger partial charge >= 0.3 is 0 Å². The first-order valence-electron chi connectivity index (χ1n) is 6.74. The number of methoxy groups -OCH3 is 1. The smallest absolute Gasteiger partial charge is 0.248 e. The molecule has 2 unspecified atom stereocenters. The molecule has 106 valence electrons. The number of piperidine rings is 1. The number of likely N-dealkylation sites (tertiary alicyclic amines) is 1. The average Bonchev–Trinajstić information content (AvgIpc) is 2.42. The van der Waals surface area contributed by atoms with Crippen molar-refractivity contribution in [1.29, 1.82) is 0 Å². The molecule has 0 bridgehead atoms. The standard InChI is InChI=1S/C13H26N2O3/c1-4-11-9-15(6-5-12(11)14-2)13(16)10-18-8-7-17-3/h11-12,14H,4-10H2,1-3H3. The number of hydrogen-bond donors (Lipinski definition) is 1. The summed E-state index contributed by atoms with van der Waals surface area (Å²) in [6.07, 6.45) is 2.12. The molecule has 1 aliphatic rings. The molecule has 18 heavy (non-hydrogen) atoms. The van der Waals surface area contributed by atoms with E-state index >= 15 is 0 Å². The number of nitrogens with zero attached hydrogens (tertiary/aromatic N) is 1. The van der Waals surface area contributed by atoms with Crippen LogP contribution in [0.2, 0.25) is 0 Å². The van der Waals surface area contributed by atoms with Crippen LogP contribution in [-0.2, 0) is 14.3 Å². The first-order valence-corrected chi connectivity index (χ1v) is 6.74. The van der Waals surface area contributed by atoms with Crippen molar-refractivity contribution in [2.75, 3.05) is 47.1 Å². The van der Waals surface area contributed by atoms with E-state index in [-0.39, 0.29) is 12.5 Å². The molecule has 0 radical (unpaired) electrons. The molecule has 1 N–H and O–H groups in total. The third-order valence-electron chi connectivity index (χ3n) is 3.64. The van der Waals surface area contributed by atoms with E-state index in [2.05, 4.69) is 12.2 Å². The molecule has 1 heterocycles. The van der Waals surface area contributed by atoms with Crippen molar-refractivity contribution in [2.24, 2.45) is 5.92 Å². The van der Waals surface area contributed by atoms with Crippen LogP contribution in [0.3, 0.4) is 0 Å². The van der Waals surface area contributed by atoms with E-state index in [0.29, 0.717) is 25.2 Å². The minimum Gasteiger partial charge on any atom is -0.382 e. The zero-order valence-electron chi connectivity index (χ0n) is 11.8. The lowest BCUT2D eigenvalue weighted by Gasteiger charge is -2.38. The van der Waals surface area contributed by atoms with Gasteiger partial charge in [-0.1, -0.05) is 13.3 Å². The Kier molecular flexibility index (Phi) is 7.23. The predicted molar refractivity (Wildman–Crippen MR) is 70.5 cm³/mol. The van der Waals surface area contributed by atoms with Crippen LogP contribution < -0.4 is 5.32 Å². The minimum atomic E-state index is 0.0964. The van der Waals surface area contributed by atoms with Gasteiger partial charge in [-0.25, -0.2) is 0 Å². The third kappa shape index (κ3) is 4.55. The molecule has 0 aromatic rings. The van der Waals surface area contributed by atoms with Crippen molar-refractivity contribution in [1.82, 2.24) is 10.2 Å². The predicted octanol–water partition coefficient (Wildman–Crippen LogP) is 0.496. The van der Waals surface area contributed by atoms with E-state index in [1.165, 1.54) is 0 Å². The monoisotopic (exact) mass is 258 g/mol. The van der Waals surface area contributed by atoms with Gasteiger partial charge in [0.05, 0.1) is 13.2 Å². The second-order valence-electron chi connectivity index (χ2n) is 4.74. The summed E-state index contributed by atoms with van der Waals surface area (Å²) in [6, 6.07) is 0.536. The molecule has 0 aromatic heterocycles. The van der Waals surface area contributed by atoms with Crippen LogP contribution in [0.4, 0.5) is 0 Å². The Morgan fingerprint density at radius 2 is 2.22 bits per heavy atom. The zero-order valence-corrected chi connectivity index (χ0v) is 11.8. The van der Waals surface area contributed by atoms with Crippen molar-refractivity contribution in [3.63, 3.8) is 0 Å². The summed E-state index contributed by atoms with van der Waals surface area (Å²) in [5.74, 6) is 0.644. The number of ether oxygens (including phenoxy) is 2. The maximum Gasteiger partial charge on any atom is 0.248 e. The number of amides is 1. The lowest BCUT2D eigenvalue weighted by molar-refractivity contribution is -0.138. The summed E-state index contributed by atoms with van der Waals surface area (Å²) in [7, 11) is 3.62. The topological polar surface area (TPSA) is 50.8 Å². The van der Waals surface area contributed by atoms with E-state index < -0.39 is 0 Å². The fourth-order valence-electron chi connectivity index (χ4n) is 2.45. The second-order valence-corrected chi connectivity index (χ2v) is 4.74. The molecule has 0 spiro atoms. The summed E-state index contributed by atoms with van der Waals surface area (Å²) in [5.41, 5.74) is 0. The molecule has 0 saturated carbocycles. The second kappa shape index (κ2) is 8.45. The van der Waals surface area contributed by atoms with Crippen LogP contribution in [-0.4, -0.2) is 63.9 Å². The highest BCUT2D eigenvalue weighted by atomic mass is 16.5. The lowest BCUT2D eigenvalue weighted by atomic mass is 9.90. The Labute approximate surface area is 110 Å².